The van der Waals surface area contributed by atoms with E-state index in [1.54, 1.807) is 74.5 Å². The Bertz CT molecular complexity index is 1730. The lowest BCUT2D eigenvalue weighted by Gasteiger charge is -2.22. The Labute approximate surface area is 225 Å². The van der Waals surface area contributed by atoms with E-state index < -0.39 is 12.0 Å². The molecule has 1 N–H and O–H groups in total. The second kappa shape index (κ2) is 10.0. The summed E-state index contributed by atoms with van der Waals surface area (Å²) in [5.41, 5.74) is 1.76. The molecule has 0 amide bonds. The van der Waals surface area contributed by atoms with Crippen molar-refractivity contribution in [2.24, 2.45) is 4.99 Å². The quantitative estimate of drug-likeness (QED) is 0.347. The SMILES string of the molecule is CCOC(=O)C1=C(C)N=c2s/c(=C\c3ccc(O)cc3)c(=O)n2[C@@H]1c1ccc(-c2ccc(Cl)c(Cl)c2)o1. The number of aromatic nitrogens is 1. The van der Waals surface area contributed by atoms with Gasteiger partial charge in [-0.05, 0) is 68.0 Å². The van der Waals surface area contributed by atoms with Crippen LogP contribution in [0.4, 0.5) is 0 Å². The largest absolute Gasteiger partial charge is 0.508 e. The monoisotopic (exact) mass is 554 g/mol. The Balaban J connectivity index is 1.68. The van der Waals surface area contributed by atoms with E-state index in [1.807, 2.05) is 0 Å². The number of thiazole rings is 1. The lowest BCUT2D eigenvalue weighted by Crippen LogP contribution is -2.39. The summed E-state index contributed by atoms with van der Waals surface area (Å²) in [6.07, 6.45) is 1.72. The Kier molecular flexibility index (Phi) is 6.81. The smallest absolute Gasteiger partial charge is 0.338 e. The maximum atomic E-state index is 13.6. The maximum Gasteiger partial charge on any atom is 0.338 e. The molecule has 10 heteroatoms. The van der Waals surface area contributed by atoms with Gasteiger partial charge in [-0.3, -0.25) is 9.36 Å². The van der Waals surface area contributed by atoms with Crippen molar-refractivity contribution in [1.29, 1.82) is 0 Å². The van der Waals surface area contributed by atoms with Gasteiger partial charge in [-0.1, -0.05) is 46.7 Å². The summed E-state index contributed by atoms with van der Waals surface area (Å²) >= 11 is 13.4. The number of halogens is 2. The van der Waals surface area contributed by atoms with Crippen LogP contribution in [-0.4, -0.2) is 22.2 Å². The third-order valence-corrected chi connectivity index (χ3v) is 7.53. The first-order valence-corrected chi connectivity index (χ1v) is 12.9. The van der Waals surface area contributed by atoms with Crippen LogP contribution in [-0.2, 0) is 9.53 Å². The zero-order valence-electron chi connectivity index (χ0n) is 19.7. The first-order valence-electron chi connectivity index (χ1n) is 11.3. The van der Waals surface area contributed by atoms with Crippen molar-refractivity contribution < 1.29 is 19.1 Å². The predicted molar refractivity (Wildman–Crippen MR) is 143 cm³/mol. The molecule has 188 valence electrons. The summed E-state index contributed by atoms with van der Waals surface area (Å²) in [7, 11) is 0. The molecule has 2 aromatic heterocycles. The van der Waals surface area contributed by atoms with Gasteiger partial charge in [0.15, 0.2) is 4.80 Å². The van der Waals surface area contributed by atoms with E-state index in [0.717, 1.165) is 5.56 Å². The second-order valence-corrected chi connectivity index (χ2v) is 10.0. The van der Waals surface area contributed by atoms with E-state index in [-0.39, 0.29) is 23.5 Å². The number of hydrogen-bond donors (Lipinski definition) is 1. The van der Waals surface area contributed by atoms with Crippen LogP contribution < -0.4 is 14.9 Å². The number of esters is 1. The fourth-order valence-corrected chi connectivity index (χ4v) is 5.43. The number of carbonyl (C=O) groups excluding carboxylic acids is 1. The minimum absolute atomic E-state index is 0.129. The van der Waals surface area contributed by atoms with E-state index >= 15 is 0 Å². The first-order chi connectivity index (χ1) is 17.8. The molecule has 0 saturated heterocycles. The number of allylic oxidation sites excluding steroid dienone is 1. The lowest BCUT2D eigenvalue weighted by molar-refractivity contribution is -0.139. The summed E-state index contributed by atoms with van der Waals surface area (Å²) in [5, 5.41) is 10.4. The molecule has 3 heterocycles. The van der Waals surface area contributed by atoms with E-state index in [2.05, 4.69) is 4.99 Å². The Morgan fingerprint density at radius 1 is 1.16 bits per heavy atom. The highest BCUT2D eigenvalue weighted by Crippen LogP contribution is 2.35. The molecule has 0 saturated carbocycles. The fraction of sp³-hybridized carbons (Fsp3) is 0.148. The van der Waals surface area contributed by atoms with Crippen LogP contribution in [0.2, 0.25) is 10.0 Å². The minimum Gasteiger partial charge on any atom is -0.508 e. The van der Waals surface area contributed by atoms with Crippen LogP contribution in [0, 0.1) is 0 Å². The second-order valence-electron chi connectivity index (χ2n) is 8.22. The van der Waals surface area contributed by atoms with Gasteiger partial charge in [0, 0.05) is 5.56 Å². The van der Waals surface area contributed by atoms with E-state index in [4.69, 9.17) is 32.4 Å². The van der Waals surface area contributed by atoms with Gasteiger partial charge in [-0.2, -0.15) is 0 Å². The molecule has 5 rings (SSSR count). The van der Waals surface area contributed by atoms with Gasteiger partial charge in [0.1, 0.15) is 23.3 Å². The molecule has 0 fully saturated rings. The summed E-state index contributed by atoms with van der Waals surface area (Å²) in [6, 6.07) is 14.2. The number of phenolic OH excluding ortho intramolecular Hbond substituents is 1. The van der Waals surface area contributed by atoms with Gasteiger partial charge in [0.05, 0.1) is 32.5 Å². The molecule has 7 nitrogen and oxygen atoms in total. The van der Waals surface area contributed by atoms with Gasteiger partial charge in [0.25, 0.3) is 5.56 Å². The number of nitrogens with zero attached hydrogens (tertiary/aromatic N) is 2. The molecule has 4 aromatic rings. The Morgan fingerprint density at radius 3 is 2.62 bits per heavy atom. The number of phenols is 1. The normalized spacial score (nSPS) is 15.5. The third kappa shape index (κ3) is 4.75. The van der Waals surface area contributed by atoms with Gasteiger partial charge < -0.3 is 14.3 Å². The number of ether oxygens (including phenoxy) is 1. The molecule has 1 aliphatic heterocycles. The molecule has 0 spiro atoms. The number of carbonyl (C=O) groups is 1. The van der Waals surface area contributed by atoms with Crippen molar-refractivity contribution in [3.8, 4) is 17.1 Å². The van der Waals surface area contributed by atoms with E-state index in [0.29, 0.717) is 42.2 Å². The van der Waals surface area contributed by atoms with Crippen LogP contribution in [0.3, 0.4) is 0 Å². The molecular formula is C27H20Cl2N2O5S. The standard InChI is InChI=1S/C27H20Cl2N2O5S/c1-3-35-26(34)23-14(2)30-27-31(25(33)22(37-27)12-15-4-7-17(32)8-5-15)24(23)21-11-10-20(36-21)16-6-9-18(28)19(29)13-16/h4-13,24,32H,3H2,1-2H3/b22-12-/t24-/m1/s1. The molecule has 0 unspecified atom stereocenters. The highest BCUT2D eigenvalue weighted by molar-refractivity contribution is 7.07. The van der Waals surface area contributed by atoms with E-state index in [9.17, 15) is 14.7 Å². The maximum absolute atomic E-state index is 13.6. The van der Waals surface area contributed by atoms with Crippen molar-refractivity contribution in [3.05, 3.63) is 107 Å². The van der Waals surface area contributed by atoms with Crippen molar-refractivity contribution in [1.82, 2.24) is 4.57 Å². The molecule has 0 aliphatic carbocycles. The summed E-state index contributed by atoms with van der Waals surface area (Å²) in [5.74, 6) is 0.423. The summed E-state index contributed by atoms with van der Waals surface area (Å²) in [4.78, 5) is 31.7. The van der Waals surface area contributed by atoms with Crippen LogP contribution >= 0.6 is 34.5 Å². The number of rotatable bonds is 5. The molecule has 2 aromatic carbocycles. The van der Waals surface area contributed by atoms with Crippen LogP contribution in [0.1, 0.15) is 31.2 Å². The minimum atomic E-state index is -0.881. The van der Waals surface area contributed by atoms with Gasteiger partial charge in [-0.25, -0.2) is 9.79 Å². The molecular weight excluding hydrogens is 535 g/mol. The number of hydrogen-bond acceptors (Lipinski definition) is 7. The van der Waals surface area contributed by atoms with Gasteiger partial charge in [-0.15, -0.1) is 0 Å². The highest BCUT2D eigenvalue weighted by Gasteiger charge is 2.35. The van der Waals surface area contributed by atoms with E-state index in [1.165, 1.54) is 15.9 Å². The number of furan rings is 1. The summed E-state index contributed by atoms with van der Waals surface area (Å²) in [6.45, 7) is 3.59. The highest BCUT2D eigenvalue weighted by atomic mass is 35.5. The third-order valence-electron chi connectivity index (χ3n) is 5.81. The van der Waals surface area contributed by atoms with Gasteiger partial charge in [0.2, 0.25) is 0 Å². The average Bonchev–Trinajstić information content (AvgIpc) is 3.47. The predicted octanol–water partition coefficient (Wildman–Crippen LogP) is 5.07. The molecule has 37 heavy (non-hydrogen) atoms. The van der Waals surface area contributed by atoms with Crippen LogP contribution in [0.25, 0.3) is 17.4 Å². The van der Waals surface area contributed by atoms with Gasteiger partial charge >= 0.3 is 5.97 Å². The molecule has 0 radical (unpaired) electrons. The van der Waals surface area contributed by atoms with Crippen molar-refractivity contribution >= 4 is 46.6 Å². The van der Waals surface area contributed by atoms with Crippen molar-refractivity contribution in [3.63, 3.8) is 0 Å². The first kappa shape index (κ1) is 25.1. The fourth-order valence-electron chi connectivity index (χ4n) is 4.09. The zero-order chi connectivity index (χ0) is 26.3. The average molecular weight is 555 g/mol. The van der Waals surface area contributed by atoms with Crippen LogP contribution in [0.5, 0.6) is 5.75 Å². The van der Waals surface area contributed by atoms with Crippen molar-refractivity contribution in [2.75, 3.05) is 6.61 Å². The summed E-state index contributed by atoms with van der Waals surface area (Å²) < 4.78 is 13.4. The molecule has 0 bridgehead atoms. The Morgan fingerprint density at radius 2 is 1.92 bits per heavy atom. The lowest BCUT2D eigenvalue weighted by atomic mass is 10.0. The Hall–Kier alpha value is -3.59. The molecule has 1 atom stereocenters. The molecule has 1 aliphatic rings. The zero-order valence-corrected chi connectivity index (χ0v) is 22.0. The van der Waals surface area contributed by atoms with Crippen molar-refractivity contribution in [2.45, 2.75) is 19.9 Å². The number of benzene rings is 2. The van der Waals surface area contributed by atoms with Crippen LogP contribution in [0.15, 0.2) is 80.1 Å². The number of fused-ring (bicyclic) bond motifs is 1. The topological polar surface area (TPSA) is 94.0 Å². The number of aromatic hydroxyl groups is 1.